The van der Waals surface area contributed by atoms with E-state index in [-0.39, 0.29) is 5.91 Å². The molecule has 3 aliphatic rings. The molecule has 3 fully saturated rings. The number of hydrogen-bond acceptors (Lipinski definition) is 4. The van der Waals surface area contributed by atoms with Gasteiger partial charge < -0.3 is 4.90 Å². The molecule has 0 bridgehead atoms. The van der Waals surface area contributed by atoms with Crippen molar-refractivity contribution in [3.05, 3.63) is 29.6 Å². The van der Waals surface area contributed by atoms with Crippen molar-refractivity contribution in [3.63, 3.8) is 0 Å². The molecule has 2 N–H and O–H groups in total. The average Bonchev–Trinajstić information content (AvgIpc) is 3.43. The first kappa shape index (κ1) is 13.3. The fourth-order valence-electron chi connectivity index (χ4n) is 3.81. The Bertz CT molecular complexity index is 715. The highest BCUT2D eigenvalue weighted by atomic mass is 16.2. The SMILES string of the molecule is O=C(c1cn[nH]c1)N1C[C@H](c2nc(C3CC3)n[nH]2)[C@@H](C2CC2)C1. The maximum atomic E-state index is 12.6. The van der Waals surface area contributed by atoms with Gasteiger partial charge in [0.25, 0.3) is 5.91 Å². The molecule has 120 valence electrons. The Hall–Kier alpha value is -2.18. The van der Waals surface area contributed by atoms with E-state index in [1.807, 2.05) is 4.90 Å². The lowest BCUT2D eigenvalue weighted by atomic mass is 9.91. The number of aromatic amines is 2. The average molecular weight is 312 g/mol. The van der Waals surface area contributed by atoms with Gasteiger partial charge in [-0.2, -0.15) is 10.2 Å². The molecule has 2 aliphatic carbocycles. The number of nitrogens with one attached hydrogen (secondary N) is 2. The Morgan fingerprint density at radius 2 is 2.09 bits per heavy atom. The summed E-state index contributed by atoms with van der Waals surface area (Å²) in [5.41, 5.74) is 0.636. The van der Waals surface area contributed by atoms with Gasteiger partial charge in [0.05, 0.1) is 11.8 Å². The standard InChI is InChI=1S/C16H20N6O/c23-16(11-5-17-18-6-11)22-7-12(9-1-2-9)13(8-22)15-19-14(20-21-15)10-3-4-10/h5-6,9-10,12-13H,1-4,7-8H2,(H,17,18)(H,19,20,21)/t12-,13+/m1/s1. The Kier molecular flexibility index (Phi) is 2.83. The Morgan fingerprint density at radius 3 is 2.78 bits per heavy atom. The van der Waals surface area contributed by atoms with Crippen LogP contribution in [0.2, 0.25) is 0 Å². The smallest absolute Gasteiger partial charge is 0.257 e. The van der Waals surface area contributed by atoms with E-state index in [1.165, 1.54) is 25.7 Å². The van der Waals surface area contributed by atoms with E-state index in [9.17, 15) is 4.79 Å². The normalized spacial score (nSPS) is 27.6. The number of likely N-dealkylation sites (tertiary alicyclic amines) is 1. The molecule has 0 radical (unpaired) electrons. The second-order valence-corrected chi connectivity index (χ2v) is 7.16. The highest BCUT2D eigenvalue weighted by Gasteiger charge is 2.46. The van der Waals surface area contributed by atoms with Crippen LogP contribution in [0.3, 0.4) is 0 Å². The molecule has 5 rings (SSSR count). The molecule has 1 aliphatic heterocycles. The summed E-state index contributed by atoms with van der Waals surface area (Å²) in [6.45, 7) is 1.54. The van der Waals surface area contributed by atoms with E-state index >= 15 is 0 Å². The fourth-order valence-corrected chi connectivity index (χ4v) is 3.81. The van der Waals surface area contributed by atoms with E-state index in [1.54, 1.807) is 12.4 Å². The van der Waals surface area contributed by atoms with Gasteiger partial charge in [0, 0.05) is 31.1 Å². The topological polar surface area (TPSA) is 90.6 Å². The number of rotatable bonds is 4. The number of aromatic nitrogens is 5. The van der Waals surface area contributed by atoms with E-state index in [0.717, 1.165) is 30.7 Å². The van der Waals surface area contributed by atoms with Crippen LogP contribution in [-0.4, -0.2) is 49.3 Å². The number of carbonyl (C=O) groups excluding carboxylic acids is 1. The molecule has 2 atom stereocenters. The zero-order chi connectivity index (χ0) is 15.4. The van der Waals surface area contributed by atoms with Gasteiger partial charge >= 0.3 is 0 Å². The number of H-pyrrole nitrogens is 2. The van der Waals surface area contributed by atoms with Crippen molar-refractivity contribution in [2.45, 2.75) is 37.5 Å². The molecule has 3 heterocycles. The monoisotopic (exact) mass is 312 g/mol. The van der Waals surface area contributed by atoms with Gasteiger partial charge in [-0.05, 0) is 37.5 Å². The number of hydrogen-bond donors (Lipinski definition) is 2. The minimum absolute atomic E-state index is 0.0637. The number of carbonyl (C=O) groups is 1. The molecule has 2 aromatic heterocycles. The third kappa shape index (κ3) is 2.34. The summed E-state index contributed by atoms with van der Waals surface area (Å²) in [6, 6.07) is 0. The molecule has 1 saturated heterocycles. The maximum absolute atomic E-state index is 12.6. The van der Waals surface area contributed by atoms with E-state index < -0.39 is 0 Å². The van der Waals surface area contributed by atoms with Gasteiger partial charge in [-0.25, -0.2) is 4.98 Å². The van der Waals surface area contributed by atoms with Crippen molar-refractivity contribution in [2.24, 2.45) is 11.8 Å². The van der Waals surface area contributed by atoms with Crippen LogP contribution in [0.15, 0.2) is 12.4 Å². The Morgan fingerprint density at radius 1 is 1.22 bits per heavy atom. The molecule has 2 saturated carbocycles. The molecule has 0 spiro atoms. The lowest BCUT2D eigenvalue weighted by Crippen LogP contribution is -2.28. The summed E-state index contributed by atoms with van der Waals surface area (Å²) >= 11 is 0. The summed E-state index contributed by atoms with van der Waals surface area (Å²) in [5.74, 6) is 4.10. The molecule has 23 heavy (non-hydrogen) atoms. The van der Waals surface area contributed by atoms with Crippen LogP contribution in [0.4, 0.5) is 0 Å². The highest BCUT2D eigenvalue weighted by Crippen LogP contribution is 2.47. The van der Waals surface area contributed by atoms with Gasteiger partial charge in [-0.1, -0.05) is 0 Å². The minimum atomic E-state index is 0.0637. The Labute approximate surface area is 133 Å². The summed E-state index contributed by atoms with van der Waals surface area (Å²) in [5, 5.41) is 14.2. The van der Waals surface area contributed by atoms with Crippen molar-refractivity contribution >= 4 is 5.91 Å². The predicted octanol–water partition coefficient (Wildman–Crippen LogP) is 1.67. The van der Waals surface area contributed by atoms with Crippen molar-refractivity contribution in [1.29, 1.82) is 0 Å². The van der Waals surface area contributed by atoms with E-state index in [0.29, 0.717) is 23.3 Å². The van der Waals surface area contributed by atoms with Crippen molar-refractivity contribution < 1.29 is 4.79 Å². The molecule has 2 aromatic rings. The first-order valence-corrected chi connectivity index (χ1v) is 8.50. The summed E-state index contributed by atoms with van der Waals surface area (Å²) in [7, 11) is 0. The van der Waals surface area contributed by atoms with Gasteiger partial charge in [0.15, 0.2) is 5.82 Å². The highest BCUT2D eigenvalue weighted by molar-refractivity contribution is 5.93. The third-order valence-corrected chi connectivity index (χ3v) is 5.44. The van der Waals surface area contributed by atoms with Gasteiger partial charge in [0.2, 0.25) is 0 Å². The van der Waals surface area contributed by atoms with Crippen LogP contribution in [-0.2, 0) is 0 Å². The minimum Gasteiger partial charge on any atom is -0.337 e. The quantitative estimate of drug-likeness (QED) is 0.898. The van der Waals surface area contributed by atoms with Crippen molar-refractivity contribution in [2.75, 3.05) is 13.1 Å². The molecule has 0 unspecified atom stereocenters. The largest absolute Gasteiger partial charge is 0.337 e. The molecular formula is C16H20N6O. The Balaban J connectivity index is 1.39. The van der Waals surface area contributed by atoms with Gasteiger partial charge in [-0.3, -0.25) is 15.0 Å². The first-order chi connectivity index (χ1) is 11.3. The van der Waals surface area contributed by atoms with E-state index in [2.05, 4.69) is 20.4 Å². The van der Waals surface area contributed by atoms with Crippen LogP contribution in [0.1, 0.15) is 59.5 Å². The molecule has 1 amide bonds. The zero-order valence-corrected chi connectivity index (χ0v) is 12.9. The van der Waals surface area contributed by atoms with Crippen molar-refractivity contribution in [3.8, 4) is 0 Å². The molecule has 7 nitrogen and oxygen atoms in total. The van der Waals surface area contributed by atoms with Crippen LogP contribution in [0.5, 0.6) is 0 Å². The first-order valence-electron chi connectivity index (χ1n) is 8.50. The number of amides is 1. The summed E-state index contributed by atoms with van der Waals surface area (Å²) in [6.07, 6.45) is 8.23. The molecular weight excluding hydrogens is 292 g/mol. The fraction of sp³-hybridized carbons (Fsp3) is 0.625. The van der Waals surface area contributed by atoms with E-state index in [4.69, 9.17) is 4.98 Å². The summed E-state index contributed by atoms with van der Waals surface area (Å²) in [4.78, 5) is 19.3. The lowest BCUT2D eigenvalue weighted by molar-refractivity contribution is 0.0785. The van der Waals surface area contributed by atoms with Crippen LogP contribution >= 0.6 is 0 Å². The molecule has 7 heteroatoms. The second-order valence-electron chi connectivity index (χ2n) is 7.16. The van der Waals surface area contributed by atoms with Crippen LogP contribution < -0.4 is 0 Å². The zero-order valence-electron chi connectivity index (χ0n) is 12.9. The maximum Gasteiger partial charge on any atom is 0.257 e. The predicted molar refractivity (Wildman–Crippen MR) is 81.8 cm³/mol. The van der Waals surface area contributed by atoms with Crippen LogP contribution in [0.25, 0.3) is 0 Å². The third-order valence-electron chi connectivity index (χ3n) is 5.44. The van der Waals surface area contributed by atoms with Crippen molar-refractivity contribution in [1.82, 2.24) is 30.3 Å². The summed E-state index contributed by atoms with van der Waals surface area (Å²) < 4.78 is 0. The number of nitrogens with zero attached hydrogens (tertiary/aromatic N) is 4. The van der Waals surface area contributed by atoms with Crippen LogP contribution in [0, 0.1) is 11.8 Å². The second kappa shape index (κ2) is 4.91. The van der Waals surface area contributed by atoms with Gasteiger partial charge in [-0.15, -0.1) is 0 Å². The van der Waals surface area contributed by atoms with Gasteiger partial charge in [0.1, 0.15) is 5.82 Å². The lowest BCUT2D eigenvalue weighted by Gasteiger charge is -2.14. The molecule has 0 aromatic carbocycles.